The maximum absolute atomic E-state index is 14.4. The predicted octanol–water partition coefficient (Wildman–Crippen LogP) is 3.94. The van der Waals surface area contributed by atoms with Crippen molar-refractivity contribution in [3.05, 3.63) is 65.1 Å². The Morgan fingerprint density at radius 3 is 2.80 bits per heavy atom. The van der Waals surface area contributed by atoms with E-state index in [-0.39, 0.29) is 11.4 Å². The molecule has 2 aromatic heterocycles. The molecule has 0 bridgehead atoms. The van der Waals surface area contributed by atoms with Crippen molar-refractivity contribution < 1.29 is 4.39 Å². The molecule has 3 rings (SSSR count). The number of hydrogen-bond acceptors (Lipinski definition) is 4. The maximum Gasteiger partial charge on any atom is 0.250 e. The van der Waals surface area contributed by atoms with Crippen molar-refractivity contribution in [3.63, 3.8) is 0 Å². The summed E-state index contributed by atoms with van der Waals surface area (Å²) in [5, 5.41) is 4.31. The number of pyridine rings is 1. The monoisotopic (exact) mass is 358 g/mol. The van der Waals surface area contributed by atoms with Gasteiger partial charge in [-0.15, -0.1) is 0 Å². The molecule has 0 atom stereocenters. The number of nitrogens with zero attached hydrogens (tertiary/aromatic N) is 3. The number of aromatic nitrogens is 3. The van der Waals surface area contributed by atoms with Gasteiger partial charge in [0.25, 0.3) is 5.56 Å². The molecule has 1 N–H and O–H groups in total. The van der Waals surface area contributed by atoms with Crippen LogP contribution in [-0.4, -0.2) is 20.6 Å². The molecule has 3 aromatic rings. The molecule has 7 heteroatoms. The number of halogens is 1. The van der Waals surface area contributed by atoms with Crippen LogP contribution in [0.25, 0.3) is 16.8 Å². The highest BCUT2D eigenvalue weighted by atomic mass is 32.2. The Morgan fingerprint density at radius 1 is 1.24 bits per heavy atom. The molecule has 0 aliphatic heterocycles. The molecule has 130 valence electrons. The Balaban J connectivity index is 1.93. The van der Waals surface area contributed by atoms with Crippen LogP contribution >= 0.6 is 11.9 Å². The van der Waals surface area contributed by atoms with Crippen molar-refractivity contribution in [2.24, 2.45) is 0 Å². The zero-order valence-electron chi connectivity index (χ0n) is 14.1. The molecule has 1 aromatic carbocycles. The van der Waals surface area contributed by atoms with E-state index in [1.807, 2.05) is 19.2 Å². The third-order valence-electron chi connectivity index (χ3n) is 3.78. The van der Waals surface area contributed by atoms with E-state index in [4.69, 9.17) is 0 Å². The third-order valence-corrected chi connectivity index (χ3v) is 4.22. The molecule has 0 radical (unpaired) electrons. The fourth-order valence-electron chi connectivity index (χ4n) is 2.60. The van der Waals surface area contributed by atoms with Crippen LogP contribution in [-0.2, 0) is 6.54 Å². The minimum absolute atomic E-state index is 0.0408. The minimum Gasteiger partial charge on any atom is -0.330 e. The highest BCUT2D eigenvalue weighted by molar-refractivity contribution is 7.99. The van der Waals surface area contributed by atoms with E-state index < -0.39 is 0 Å². The number of hydrogen-bond donors (Lipinski definition) is 1. The van der Waals surface area contributed by atoms with Crippen LogP contribution in [0, 0.1) is 5.82 Å². The van der Waals surface area contributed by atoms with E-state index in [2.05, 4.69) is 9.82 Å². The summed E-state index contributed by atoms with van der Waals surface area (Å²) in [5.74, 6) is -0.311. The minimum atomic E-state index is -0.311. The van der Waals surface area contributed by atoms with Gasteiger partial charge < -0.3 is 9.29 Å². The fraction of sp³-hybridized carbons (Fsp3) is 0.222. The van der Waals surface area contributed by atoms with Gasteiger partial charge in [0, 0.05) is 48.1 Å². The molecule has 0 spiro atoms. The second-order valence-electron chi connectivity index (χ2n) is 5.59. The zero-order valence-corrected chi connectivity index (χ0v) is 14.9. The number of anilines is 1. The SMILES string of the molecule is CCCn1cc(-n2cc(-c3ccc(NSC)cc3F)cn2)ccc1=O. The van der Waals surface area contributed by atoms with Crippen LogP contribution in [0.15, 0.2) is 53.7 Å². The number of rotatable bonds is 6. The molecule has 0 unspecified atom stereocenters. The first kappa shape index (κ1) is 17.3. The van der Waals surface area contributed by atoms with Crippen LogP contribution < -0.4 is 10.3 Å². The molecule has 2 heterocycles. The normalized spacial score (nSPS) is 10.8. The summed E-state index contributed by atoms with van der Waals surface area (Å²) in [6.45, 7) is 2.67. The smallest absolute Gasteiger partial charge is 0.250 e. The van der Waals surface area contributed by atoms with E-state index in [0.717, 1.165) is 12.1 Å². The van der Waals surface area contributed by atoms with E-state index in [1.165, 1.54) is 24.1 Å². The van der Waals surface area contributed by atoms with E-state index in [0.29, 0.717) is 23.4 Å². The summed E-state index contributed by atoms with van der Waals surface area (Å²) in [5.41, 5.74) is 2.61. The lowest BCUT2D eigenvalue weighted by Crippen LogP contribution is -2.19. The fourth-order valence-corrected chi connectivity index (χ4v) is 2.97. The Kier molecular flexibility index (Phi) is 5.23. The van der Waals surface area contributed by atoms with Gasteiger partial charge in [-0.3, -0.25) is 4.79 Å². The summed E-state index contributed by atoms with van der Waals surface area (Å²) >= 11 is 1.41. The van der Waals surface area contributed by atoms with Crippen LogP contribution in [0.2, 0.25) is 0 Å². The second kappa shape index (κ2) is 7.57. The molecule has 0 amide bonds. The van der Waals surface area contributed by atoms with Gasteiger partial charge in [-0.25, -0.2) is 9.07 Å². The summed E-state index contributed by atoms with van der Waals surface area (Å²) in [4.78, 5) is 11.8. The Hall–Kier alpha value is -2.54. The molecular weight excluding hydrogens is 339 g/mol. The zero-order chi connectivity index (χ0) is 17.8. The summed E-state index contributed by atoms with van der Waals surface area (Å²) in [7, 11) is 0. The summed E-state index contributed by atoms with van der Waals surface area (Å²) in [6.07, 6.45) is 7.90. The summed E-state index contributed by atoms with van der Waals surface area (Å²) in [6, 6.07) is 8.26. The molecular formula is C18H19FN4OS. The molecule has 0 saturated carbocycles. The van der Waals surface area contributed by atoms with Crippen molar-refractivity contribution >= 4 is 17.6 Å². The number of benzene rings is 1. The molecule has 0 fully saturated rings. The average molecular weight is 358 g/mol. The van der Waals surface area contributed by atoms with Crippen LogP contribution in [0.4, 0.5) is 10.1 Å². The molecule has 0 saturated heterocycles. The summed E-state index contributed by atoms with van der Waals surface area (Å²) < 4.78 is 20.7. The quantitative estimate of drug-likeness (QED) is 0.678. The van der Waals surface area contributed by atoms with Gasteiger partial charge in [-0.05, 0) is 30.7 Å². The van der Waals surface area contributed by atoms with Crippen LogP contribution in [0.5, 0.6) is 0 Å². The predicted molar refractivity (Wildman–Crippen MR) is 101 cm³/mol. The van der Waals surface area contributed by atoms with E-state index >= 15 is 0 Å². The molecule has 0 aliphatic carbocycles. The lowest BCUT2D eigenvalue weighted by molar-refractivity contribution is 0.632. The maximum atomic E-state index is 14.4. The molecule has 0 aliphatic rings. The lowest BCUT2D eigenvalue weighted by Gasteiger charge is -2.07. The first-order valence-electron chi connectivity index (χ1n) is 7.97. The van der Waals surface area contributed by atoms with Crippen molar-refractivity contribution in [3.8, 4) is 16.8 Å². The molecule has 25 heavy (non-hydrogen) atoms. The number of aryl methyl sites for hydroxylation is 1. The van der Waals surface area contributed by atoms with Crippen LogP contribution in [0.1, 0.15) is 13.3 Å². The van der Waals surface area contributed by atoms with Gasteiger partial charge in [-0.2, -0.15) is 5.10 Å². The van der Waals surface area contributed by atoms with Gasteiger partial charge in [0.2, 0.25) is 0 Å². The topological polar surface area (TPSA) is 51.9 Å². The third kappa shape index (κ3) is 3.76. The van der Waals surface area contributed by atoms with E-state index in [9.17, 15) is 9.18 Å². The average Bonchev–Trinajstić information content (AvgIpc) is 3.07. The van der Waals surface area contributed by atoms with Crippen molar-refractivity contribution in [2.45, 2.75) is 19.9 Å². The molecule has 5 nitrogen and oxygen atoms in total. The Labute approximate surface area is 149 Å². The Morgan fingerprint density at radius 2 is 2.08 bits per heavy atom. The highest BCUT2D eigenvalue weighted by Crippen LogP contribution is 2.26. The van der Waals surface area contributed by atoms with Gasteiger partial charge >= 0.3 is 0 Å². The van der Waals surface area contributed by atoms with Crippen molar-refractivity contribution in [2.75, 3.05) is 11.0 Å². The van der Waals surface area contributed by atoms with Crippen molar-refractivity contribution in [1.82, 2.24) is 14.3 Å². The van der Waals surface area contributed by atoms with Gasteiger partial charge in [0.1, 0.15) is 5.82 Å². The van der Waals surface area contributed by atoms with Crippen molar-refractivity contribution in [1.29, 1.82) is 0 Å². The van der Waals surface area contributed by atoms with Gasteiger partial charge in [0.05, 0.1) is 11.9 Å². The lowest BCUT2D eigenvalue weighted by atomic mass is 10.1. The Bertz CT molecular complexity index is 935. The van der Waals surface area contributed by atoms with Gasteiger partial charge in [0.15, 0.2) is 0 Å². The van der Waals surface area contributed by atoms with E-state index in [1.54, 1.807) is 40.0 Å². The first-order chi connectivity index (χ1) is 12.1. The first-order valence-corrected chi connectivity index (χ1v) is 9.19. The largest absolute Gasteiger partial charge is 0.330 e. The highest BCUT2D eigenvalue weighted by Gasteiger charge is 2.10. The number of nitrogens with one attached hydrogen (secondary N) is 1. The standard InChI is InChI=1S/C18H19FN4OS/c1-3-8-22-12-15(5-7-18(22)24)23-11-13(10-20-23)16-6-4-14(21-25-2)9-17(16)19/h4-7,9-12,21H,3,8H2,1-2H3. The second-order valence-corrected chi connectivity index (χ2v) is 6.21. The van der Waals surface area contributed by atoms with Crippen LogP contribution in [0.3, 0.4) is 0 Å². The van der Waals surface area contributed by atoms with Gasteiger partial charge in [-0.1, -0.05) is 18.9 Å².